The number of aliphatic carboxylic acids is 1. The van der Waals surface area contributed by atoms with Gasteiger partial charge in [-0.15, -0.1) is 0 Å². The molecule has 0 aromatic heterocycles. The van der Waals surface area contributed by atoms with E-state index in [0.29, 0.717) is 0 Å². The van der Waals surface area contributed by atoms with Crippen LogP contribution in [0.5, 0.6) is 0 Å². The lowest BCUT2D eigenvalue weighted by molar-refractivity contribution is -0.139. The highest BCUT2D eigenvalue weighted by molar-refractivity contribution is 5.75. The van der Waals surface area contributed by atoms with Crippen LogP contribution in [-0.4, -0.2) is 17.6 Å². The predicted molar refractivity (Wildman–Crippen MR) is 66.8 cm³/mol. The zero-order valence-electron chi connectivity index (χ0n) is 9.93. The standard InChI is InChI=1S/C14H19NO2/c16-14(17)13(12-6-2-1-3-7-12)15-10-4-5-11-8-9-11/h1-3,6-7,11,13,15H,4-5,8-10H2,(H,16,17). The number of hydrogen-bond donors (Lipinski definition) is 2. The number of benzene rings is 1. The van der Waals surface area contributed by atoms with Gasteiger partial charge in [0.1, 0.15) is 6.04 Å². The van der Waals surface area contributed by atoms with Crippen LogP contribution in [-0.2, 0) is 4.79 Å². The molecular weight excluding hydrogens is 214 g/mol. The molecule has 3 nitrogen and oxygen atoms in total. The van der Waals surface area contributed by atoms with E-state index in [1.807, 2.05) is 30.3 Å². The molecule has 0 radical (unpaired) electrons. The molecule has 2 rings (SSSR count). The molecular formula is C14H19NO2. The normalized spacial score (nSPS) is 16.7. The highest BCUT2D eigenvalue weighted by atomic mass is 16.4. The summed E-state index contributed by atoms with van der Waals surface area (Å²) in [7, 11) is 0. The Kier molecular flexibility index (Phi) is 4.15. The summed E-state index contributed by atoms with van der Waals surface area (Å²) in [6.07, 6.45) is 5.03. The minimum absolute atomic E-state index is 0.574. The topological polar surface area (TPSA) is 49.3 Å². The third-order valence-corrected chi connectivity index (χ3v) is 3.21. The van der Waals surface area contributed by atoms with Crippen molar-refractivity contribution in [1.82, 2.24) is 5.32 Å². The predicted octanol–water partition coefficient (Wildman–Crippen LogP) is 2.59. The molecule has 1 aromatic rings. The minimum atomic E-state index is -0.803. The summed E-state index contributed by atoms with van der Waals surface area (Å²) < 4.78 is 0. The third-order valence-electron chi connectivity index (χ3n) is 3.21. The first-order chi connectivity index (χ1) is 8.27. The molecule has 1 saturated carbocycles. The SMILES string of the molecule is O=C(O)C(NCCCC1CC1)c1ccccc1. The lowest BCUT2D eigenvalue weighted by atomic mass is 10.1. The van der Waals surface area contributed by atoms with Crippen molar-refractivity contribution in [3.63, 3.8) is 0 Å². The Morgan fingerprint density at radius 1 is 1.35 bits per heavy atom. The molecule has 0 bridgehead atoms. The molecule has 1 atom stereocenters. The third kappa shape index (κ3) is 3.86. The molecule has 0 heterocycles. The summed E-state index contributed by atoms with van der Waals surface area (Å²) in [5.41, 5.74) is 0.825. The fraction of sp³-hybridized carbons (Fsp3) is 0.500. The van der Waals surface area contributed by atoms with Gasteiger partial charge < -0.3 is 10.4 Å². The first-order valence-electron chi connectivity index (χ1n) is 6.28. The van der Waals surface area contributed by atoms with Gasteiger partial charge in [0.15, 0.2) is 0 Å². The summed E-state index contributed by atoms with van der Waals surface area (Å²) in [4.78, 5) is 11.2. The van der Waals surface area contributed by atoms with Crippen LogP contribution in [0.2, 0.25) is 0 Å². The Labute approximate surface area is 102 Å². The number of rotatable bonds is 7. The van der Waals surface area contributed by atoms with E-state index in [1.54, 1.807) is 0 Å². The van der Waals surface area contributed by atoms with Gasteiger partial charge in [0.2, 0.25) is 0 Å². The van der Waals surface area contributed by atoms with Gasteiger partial charge in [0, 0.05) is 0 Å². The summed E-state index contributed by atoms with van der Waals surface area (Å²) in [6.45, 7) is 0.780. The van der Waals surface area contributed by atoms with Gasteiger partial charge in [0.05, 0.1) is 0 Å². The van der Waals surface area contributed by atoms with Gasteiger partial charge in [-0.05, 0) is 30.9 Å². The van der Waals surface area contributed by atoms with Gasteiger partial charge in [-0.3, -0.25) is 4.79 Å². The largest absolute Gasteiger partial charge is 0.480 e. The summed E-state index contributed by atoms with van der Waals surface area (Å²) >= 11 is 0. The number of carbonyl (C=O) groups is 1. The number of nitrogens with one attached hydrogen (secondary N) is 1. The monoisotopic (exact) mass is 233 g/mol. The molecule has 0 aliphatic heterocycles. The first kappa shape index (κ1) is 12.1. The molecule has 0 amide bonds. The highest BCUT2D eigenvalue weighted by Crippen LogP contribution is 2.33. The van der Waals surface area contributed by atoms with Crippen LogP contribution in [0.25, 0.3) is 0 Å². The quantitative estimate of drug-likeness (QED) is 0.712. The van der Waals surface area contributed by atoms with Crippen LogP contribution in [0.15, 0.2) is 30.3 Å². The first-order valence-corrected chi connectivity index (χ1v) is 6.28. The number of hydrogen-bond acceptors (Lipinski definition) is 2. The summed E-state index contributed by atoms with van der Waals surface area (Å²) in [5, 5.41) is 12.3. The van der Waals surface area contributed by atoms with E-state index in [1.165, 1.54) is 19.3 Å². The average Bonchev–Trinajstić information content (AvgIpc) is 3.13. The minimum Gasteiger partial charge on any atom is -0.480 e. The summed E-state index contributed by atoms with van der Waals surface area (Å²) in [5.74, 6) is 0.111. The fourth-order valence-electron chi connectivity index (χ4n) is 2.04. The Morgan fingerprint density at radius 2 is 2.06 bits per heavy atom. The summed E-state index contributed by atoms with van der Waals surface area (Å²) in [6, 6.07) is 8.78. The van der Waals surface area contributed by atoms with Crippen molar-refractivity contribution in [2.75, 3.05) is 6.54 Å². The van der Waals surface area contributed by atoms with E-state index < -0.39 is 12.0 Å². The van der Waals surface area contributed by atoms with Crippen molar-refractivity contribution < 1.29 is 9.90 Å². The van der Waals surface area contributed by atoms with Crippen LogP contribution in [0.4, 0.5) is 0 Å². The molecule has 1 aliphatic carbocycles. The Morgan fingerprint density at radius 3 is 2.65 bits per heavy atom. The molecule has 0 spiro atoms. The van der Waals surface area contributed by atoms with Crippen molar-refractivity contribution in [3.05, 3.63) is 35.9 Å². The highest BCUT2D eigenvalue weighted by Gasteiger charge is 2.21. The van der Waals surface area contributed by atoms with Crippen molar-refractivity contribution >= 4 is 5.97 Å². The van der Waals surface area contributed by atoms with Crippen molar-refractivity contribution in [2.45, 2.75) is 31.7 Å². The molecule has 1 aliphatic rings. The van der Waals surface area contributed by atoms with E-state index in [9.17, 15) is 9.90 Å². The molecule has 92 valence electrons. The molecule has 1 fully saturated rings. The van der Waals surface area contributed by atoms with Gasteiger partial charge in [0.25, 0.3) is 0 Å². The zero-order valence-corrected chi connectivity index (χ0v) is 9.93. The van der Waals surface area contributed by atoms with Crippen LogP contribution in [0, 0.1) is 5.92 Å². The van der Waals surface area contributed by atoms with Gasteiger partial charge in [-0.25, -0.2) is 0 Å². The smallest absolute Gasteiger partial charge is 0.325 e. The molecule has 1 unspecified atom stereocenters. The molecule has 1 aromatic carbocycles. The van der Waals surface area contributed by atoms with E-state index >= 15 is 0 Å². The van der Waals surface area contributed by atoms with Crippen LogP contribution >= 0.6 is 0 Å². The van der Waals surface area contributed by atoms with Gasteiger partial charge in [-0.1, -0.05) is 43.2 Å². The lowest BCUT2D eigenvalue weighted by Crippen LogP contribution is -2.29. The molecule has 0 saturated heterocycles. The average molecular weight is 233 g/mol. The molecule has 17 heavy (non-hydrogen) atoms. The van der Waals surface area contributed by atoms with E-state index in [-0.39, 0.29) is 0 Å². The van der Waals surface area contributed by atoms with E-state index in [4.69, 9.17) is 0 Å². The maximum absolute atomic E-state index is 11.2. The Hall–Kier alpha value is -1.35. The second-order valence-corrected chi connectivity index (χ2v) is 4.72. The van der Waals surface area contributed by atoms with Crippen molar-refractivity contribution in [2.24, 2.45) is 5.92 Å². The molecule has 2 N–H and O–H groups in total. The number of carboxylic acids is 1. The van der Waals surface area contributed by atoms with Gasteiger partial charge >= 0.3 is 5.97 Å². The van der Waals surface area contributed by atoms with Gasteiger partial charge in [-0.2, -0.15) is 0 Å². The molecule has 3 heteroatoms. The van der Waals surface area contributed by atoms with Crippen LogP contribution in [0.1, 0.15) is 37.3 Å². The number of carboxylic acid groups (broad SMARTS) is 1. The van der Waals surface area contributed by atoms with Crippen molar-refractivity contribution in [3.8, 4) is 0 Å². The van der Waals surface area contributed by atoms with E-state index in [0.717, 1.165) is 24.4 Å². The second-order valence-electron chi connectivity index (χ2n) is 4.72. The Bertz CT molecular complexity index is 360. The Balaban J connectivity index is 1.82. The lowest BCUT2D eigenvalue weighted by Gasteiger charge is -2.14. The fourth-order valence-corrected chi connectivity index (χ4v) is 2.04. The maximum atomic E-state index is 11.2. The zero-order chi connectivity index (χ0) is 12.1. The van der Waals surface area contributed by atoms with E-state index in [2.05, 4.69) is 5.32 Å². The van der Waals surface area contributed by atoms with Crippen LogP contribution in [0.3, 0.4) is 0 Å². The maximum Gasteiger partial charge on any atom is 0.325 e. The van der Waals surface area contributed by atoms with Crippen LogP contribution < -0.4 is 5.32 Å². The van der Waals surface area contributed by atoms with Crippen molar-refractivity contribution in [1.29, 1.82) is 0 Å². The second kappa shape index (κ2) is 5.82.